The molecule has 0 saturated carbocycles. The van der Waals surface area contributed by atoms with E-state index in [9.17, 15) is 15.0 Å². The van der Waals surface area contributed by atoms with Crippen LogP contribution in [0.4, 0.5) is 0 Å². The molecule has 102 valence electrons. The Hall–Kier alpha value is -0.930. The maximum Gasteiger partial charge on any atom is 0.145 e. The molecular weight excluding hydrogens is 228 g/mol. The maximum atomic E-state index is 10.9. The number of aldehydes is 1. The topological polar surface area (TPSA) is 57.5 Å². The molecule has 18 heavy (non-hydrogen) atoms. The van der Waals surface area contributed by atoms with Gasteiger partial charge in [-0.2, -0.15) is 0 Å². The Labute approximate surface area is 109 Å². The van der Waals surface area contributed by atoms with Crippen molar-refractivity contribution < 1.29 is 15.0 Å². The fourth-order valence-electron chi connectivity index (χ4n) is 2.30. The van der Waals surface area contributed by atoms with Gasteiger partial charge in [0, 0.05) is 12.3 Å². The molecule has 0 amide bonds. The third-order valence-electron chi connectivity index (χ3n) is 3.54. The van der Waals surface area contributed by atoms with Crippen LogP contribution in [0.1, 0.15) is 40.0 Å². The lowest BCUT2D eigenvalue weighted by Gasteiger charge is -2.27. The fraction of sp³-hybridized carbons (Fsp3) is 0.667. The zero-order valence-electron chi connectivity index (χ0n) is 11.5. The van der Waals surface area contributed by atoms with E-state index in [1.807, 2.05) is 26.0 Å². The van der Waals surface area contributed by atoms with Crippen LogP contribution >= 0.6 is 0 Å². The lowest BCUT2D eigenvalue weighted by atomic mass is 9.84. The van der Waals surface area contributed by atoms with Crippen LogP contribution in [0.15, 0.2) is 23.8 Å². The Morgan fingerprint density at radius 1 is 1.50 bits per heavy atom. The van der Waals surface area contributed by atoms with E-state index >= 15 is 0 Å². The molecule has 0 aromatic heterocycles. The number of aliphatic hydroxyl groups excluding tert-OH is 1. The van der Waals surface area contributed by atoms with Gasteiger partial charge in [0.2, 0.25) is 0 Å². The summed E-state index contributed by atoms with van der Waals surface area (Å²) in [7, 11) is 0. The summed E-state index contributed by atoms with van der Waals surface area (Å²) in [5, 5.41) is 20.4. The van der Waals surface area contributed by atoms with E-state index in [2.05, 4.69) is 0 Å². The molecule has 3 atom stereocenters. The standard InChI is InChI=1S/C15H24O3/c1-11(2)13-6-8-15(3,18)7-4-5-12(10-16)9-14(13)17/h5-6,8,10-11,13-14,17-18H,4,7,9H2,1-3H3. The van der Waals surface area contributed by atoms with Crippen LogP contribution in [0.5, 0.6) is 0 Å². The van der Waals surface area contributed by atoms with E-state index in [4.69, 9.17) is 0 Å². The van der Waals surface area contributed by atoms with Crippen LogP contribution in [-0.2, 0) is 4.79 Å². The van der Waals surface area contributed by atoms with Crippen molar-refractivity contribution in [2.24, 2.45) is 11.8 Å². The number of aliphatic hydroxyl groups is 2. The summed E-state index contributed by atoms with van der Waals surface area (Å²) in [6, 6.07) is 0. The molecule has 0 aromatic rings. The second-order valence-corrected chi connectivity index (χ2v) is 5.74. The van der Waals surface area contributed by atoms with Gasteiger partial charge < -0.3 is 10.2 Å². The van der Waals surface area contributed by atoms with Gasteiger partial charge in [-0.1, -0.05) is 32.1 Å². The Morgan fingerprint density at radius 2 is 2.17 bits per heavy atom. The lowest BCUT2D eigenvalue weighted by Crippen LogP contribution is -2.27. The molecule has 1 aliphatic carbocycles. The average molecular weight is 252 g/mol. The zero-order chi connectivity index (χ0) is 13.8. The monoisotopic (exact) mass is 252 g/mol. The first-order valence-corrected chi connectivity index (χ1v) is 6.60. The molecular formula is C15H24O3. The van der Waals surface area contributed by atoms with Gasteiger partial charge in [-0.15, -0.1) is 0 Å². The van der Waals surface area contributed by atoms with Gasteiger partial charge in [0.25, 0.3) is 0 Å². The summed E-state index contributed by atoms with van der Waals surface area (Å²) >= 11 is 0. The maximum absolute atomic E-state index is 10.9. The highest BCUT2D eigenvalue weighted by molar-refractivity contribution is 5.73. The first kappa shape index (κ1) is 15.1. The Bertz CT molecular complexity index is 340. The molecule has 0 aliphatic heterocycles. The molecule has 0 saturated heterocycles. The molecule has 3 unspecified atom stereocenters. The highest BCUT2D eigenvalue weighted by Crippen LogP contribution is 2.26. The van der Waals surface area contributed by atoms with Crippen molar-refractivity contribution in [2.45, 2.75) is 51.7 Å². The highest BCUT2D eigenvalue weighted by Gasteiger charge is 2.24. The predicted octanol–water partition coefficient (Wildman–Crippen LogP) is 2.24. The molecule has 0 spiro atoms. The summed E-state index contributed by atoms with van der Waals surface area (Å²) in [5.41, 5.74) is -0.256. The van der Waals surface area contributed by atoms with Crippen LogP contribution in [0.2, 0.25) is 0 Å². The van der Waals surface area contributed by atoms with Crippen LogP contribution in [-0.4, -0.2) is 28.2 Å². The van der Waals surface area contributed by atoms with Crippen molar-refractivity contribution in [1.29, 1.82) is 0 Å². The molecule has 0 aromatic carbocycles. The van der Waals surface area contributed by atoms with Crippen LogP contribution in [0.25, 0.3) is 0 Å². The second-order valence-electron chi connectivity index (χ2n) is 5.74. The largest absolute Gasteiger partial charge is 0.392 e. The predicted molar refractivity (Wildman–Crippen MR) is 72.1 cm³/mol. The summed E-state index contributed by atoms with van der Waals surface area (Å²) in [6.45, 7) is 5.81. The van der Waals surface area contributed by atoms with Gasteiger partial charge >= 0.3 is 0 Å². The Balaban J connectivity index is 2.99. The molecule has 2 N–H and O–H groups in total. The van der Waals surface area contributed by atoms with Gasteiger partial charge in [-0.25, -0.2) is 0 Å². The van der Waals surface area contributed by atoms with Gasteiger partial charge in [0.05, 0.1) is 11.7 Å². The van der Waals surface area contributed by atoms with Gasteiger partial charge in [-0.3, -0.25) is 4.79 Å². The van der Waals surface area contributed by atoms with Crippen LogP contribution < -0.4 is 0 Å². The van der Waals surface area contributed by atoms with E-state index in [0.29, 0.717) is 24.8 Å². The third kappa shape index (κ3) is 4.39. The second kappa shape index (κ2) is 6.30. The van der Waals surface area contributed by atoms with E-state index in [1.165, 1.54) is 0 Å². The lowest BCUT2D eigenvalue weighted by molar-refractivity contribution is -0.105. The number of rotatable bonds is 2. The van der Waals surface area contributed by atoms with E-state index in [1.54, 1.807) is 13.0 Å². The third-order valence-corrected chi connectivity index (χ3v) is 3.54. The zero-order valence-corrected chi connectivity index (χ0v) is 11.5. The number of carbonyl (C=O) groups is 1. The van der Waals surface area contributed by atoms with E-state index in [0.717, 1.165) is 6.29 Å². The number of hydrogen-bond acceptors (Lipinski definition) is 3. The smallest absolute Gasteiger partial charge is 0.145 e. The molecule has 0 heterocycles. The molecule has 3 nitrogen and oxygen atoms in total. The molecule has 0 bridgehead atoms. The minimum Gasteiger partial charge on any atom is -0.392 e. The fourth-order valence-corrected chi connectivity index (χ4v) is 2.30. The number of hydrogen-bond donors (Lipinski definition) is 2. The molecule has 1 aliphatic rings. The van der Waals surface area contributed by atoms with Crippen molar-refractivity contribution in [3.8, 4) is 0 Å². The van der Waals surface area contributed by atoms with Crippen molar-refractivity contribution in [3.05, 3.63) is 23.8 Å². The van der Waals surface area contributed by atoms with E-state index < -0.39 is 11.7 Å². The summed E-state index contributed by atoms with van der Waals surface area (Å²) in [5.74, 6) is 0.220. The Kier molecular flexibility index (Phi) is 5.29. The number of allylic oxidation sites excluding steroid dienone is 1. The normalized spacial score (nSPS) is 34.2. The van der Waals surface area contributed by atoms with Gasteiger partial charge in [-0.05, 0) is 31.3 Å². The molecule has 0 fully saturated rings. The van der Waals surface area contributed by atoms with Gasteiger partial charge in [0.1, 0.15) is 6.29 Å². The van der Waals surface area contributed by atoms with Gasteiger partial charge in [0.15, 0.2) is 0 Å². The minimum absolute atomic E-state index is 0.0436. The molecule has 0 radical (unpaired) electrons. The minimum atomic E-state index is -0.880. The summed E-state index contributed by atoms with van der Waals surface area (Å²) in [6.07, 6.45) is 7.34. The summed E-state index contributed by atoms with van der Waals surface area (Å²) < 4.78 is 0. The first-order valence-electron chi connectivity index (χ1n) is 6.60. The number of carbonyl (C=O) groups excluding carboxylic acids is 1. The van der Waals surface area contributed by atoms with Crippen molar-refractivity contribution in [2.75, 3.05) is 0 Å². The average Bonchev–Trinajstić information content (AvgIpc) is 2.26. The quantitative estimate of drug-likeness (QED) is 0.585. The van der Waals surface area contributed by atoms with Crippen LogP contribution in [0, 0.1) is 11.8 Å². The molecule has 3 heteroatoms. The Morgan fingerprint density at radius 3 is 2.72 bits per heavy atom. The first-order chi connectivity index (χ1) is 8.35. The van der Waals surface area contributed by atoms with Crippen molar-refractivity contribution in [1.82, 2.24) is 0 Å². The van der Waals surface area contributed by atoms with Crippen molar-refractivity contribution >= 4 is 6.29 Å². The van der Waals surface area contributed by atoms with Crippen molar-refractivity contribution in [3.63, 3.8) is 0 Å². The van der Waals surface area contributed by atoms with E-state index in [-0.39, 0.29) is 11.8 Å². The summed E-state index contributed by atoms with van der Waals surface area (Å²) in [4.78, 5) is 10.9. The molecule has 1 rings (SSSR count). The SMILES string of the molecule is CC(C)C1C=CC(C)(O)CCC=C(C=O)CC1O. The van der Waals surface area contributed by atoms with Crippen LogP contribution in [0.3, 0.4) is 0 Å². The highest BCUT2D eigenvalue weighted by atomic mass is 16.3.